The van der Waals surface area contributed by atoms with Gasteiger partial charge >= 0.3 is 0 Å². The summed E-state index contributed by atoms with van der Waals surface area (Å²) in [5.74, 6) is 1.19. The van der Waals surface area contributed by atoms with Gasteiger partial charge in [0.2, 0.25) is 5.95 Å². The Balaban J connectivity index is 1.95. The molecule has 0 radical (unpaired) electrons. The van der Waals surface area contributed by atoms with Crippen LogP contribution >= 0.6 is 11.6 Å². The fraction of sp³-hybridized carbons (Fsp3) is 0.100. The first-order chi connectivity index (χ1) is 8.20. The van der Waals surface area contributed by atoms with Crippen LogP contribution in [0.4, 0.5) is 11.8 Å². The lowest BCUT2D eigenvalue weighted by molar-refractivity contribution is 0.770. The van der Waals surface area contributed by atoms with Gasteiger partial charge in [0.1, 0.15) is 0 Å². The molecule has 0 spiro atoms. The molecule has 0 aliphatic carbocycles. The molecule has 0 saturated carbocycles. The van der Waals surface area contributed by atoms with Gasteiger partial charge in [0, 0.05) is 25.5 Å². The maximum absolute atomic E-state index is 5.87. The van der Waals surface area contributed by atoms with Crippen LogP contribution in [-0.4, -0.2) is 24.4 Å². The van der Waals surface area contributed by atoms with Crippen LogP contribution in [0, 0.1) is 0 Å². The van der Waals surface area contributed by atoms with Crippen molar-refractivity contribution in [1.82, 2.24) is 24.4 Å². The average Bonchev–Trinajstić information content (AvgIpc) is 2.84. The third kappa shape index (κ3) is 1.94. The van der Waals surface area contributed by atoms with Crippen molar-refractivity contribution in [2.45, 2.75) is 0 Å². The molecule has 3 aromatic rings. The monoisotopic (exact) mass is 248 g/mol. The standard InChI is InChI=1S/C10H9ClN6/c1-16-5-4-8(14-16)12-10-13-9-3-2-7(11)6-17(9)15-10/h2-6H,1H3,(H,12,14,15). The molecule has 3 aromatic heterocycles. The number of aromatic nitrogens is 5. The van der Waals surface area contributed by atoms with E-state index in [1.165, 1.54) is 0 Å². The van der Waals surface area contributed by atoms with E-state index in [2.05, 4.69) is 20.5 Å². The van der Waals surface area contributed by atoms with Gasteiger partial charge in [0.05, 0.1) is 5.02 Å². The number of aryl methyl sites for hydroxylation is 1. The number of fused-ring (bicyclic) bond motifs is 1. The SMILES string of the molecule is Cn1ccc(Nc2nc3ccc(Cl)cn3n2)n1. The van der Waals surface area contributed by atoms with E-state index in [-0.39, 0.29) is 0 Å². The zero-order valence-electron chi connectivity index (χ0n) is 9.00. The Morgan fingerprint density at radius 2 is 2.12 bits per heavy atom. The minimum Gasteiger partial charge on any atom is -0.306 e. The maximum Gasteiger partial charge on any atom is 0.248 e. The number of nitrogens with zero attached hydrogens (tertiary/aromatic N) is 5. The molecule has 0 aromatic carbocycles. The topological polar surface area (TPSA) is 60.0 Å². The molecule has 0 aliphatic heterocycles. The van der Waals surface area contributed by atoms with Crippen LogP contribution < -0.4 is 5.32 Å². The van der Waals surface area contributed by atoms with Crippen molar-refractivity contribution in [1.29, 1.82) is 0 Å². The maximum atomic E-state index is 5.87. The first kappa shape index (κ1) is 10.1. The highest BCUT2D eigenvalue weighted by molar-refractivity contribution is 6.30. The molecule has 7 heteroatoms. The van der Waals surface area contributed by atoms with Gasteiger partial charge in [-0.1, -0.05) is 11.6 Å². The summed E-state index contributed by atoms with van der Waals surface area (Å²) >= 11 is 5.87. The van der Waals surface area contributed by atoms with E-state index < -0.39 is 0 Å². The second-order valence-corrected chi connectivity index (χ2v) is 4.02. The number of hydrogen-bond donors (Lipinski definition) is 1. The molecule has 3 heterocycles. The molecule has 0 fully saturated rings. The van der Waals surface area contributed by atoms with Crippen LogP contribution in [0.15, 0.2) is 30.6 Å². The summed E-state index contributed by atoms with van der Waals surface area (Å²) in [7, 11) is 1.85. The van der Waals surface area contributed by atoms with Gasteiger partial charge in [-0.05, 0) is 12.1 Å². The largest absolute Gasteiger partial charge is 0.306 e. The zero-order chi connectivity index (χ0) is 11.8. The van der Waals surface area contributed by atoms with Crippen LogP contribution in [0.25, 0.3) is 5.65 Å². The van der Waals surface area contributed by atoms with Gasteiger partial charge in [-0.25, -0.2) is 4.52 Å². The molecule has 0 bridgehead atoms. The van der Waals surface area contributed by atoms with Crippen LogP contribution in [0.5, 0.6) is 0 Å². The van der Waals surface area contributed by atoms with Crippen molar-refractivity contribution in [3.63, 3.8) is 0 Å². The number of hydrogen-bond acceptors (Lipinski definition) is 4. The summed E-state index contributed by atoms with van der Waals surface area (Å²) in [6, 6.07) is 5.42. The summed E-state index contributed by atoms with van der Waals surface area (Å²) in [5, 5.41) is 12.1. The van der Waals surface area contributed by atoms with Gasteiger partial charge in [0.25, 0.3) is 0 Å². The Kier molecular flexibility index (Phi) is 2.22. The van der Waals surface area contributed by atoms with Crippen molar-refractivity contribution in [3.8, 4) is 0 Å². The highest BCUT2D eigenvalue weighted by Gasteiger charge is 2.05. The molecule has 0 saturated heterocycles. The molecule has 86 valence electrons. The van der Waals surface area contributed by atoms with Crippen molar-refractivity contribution in [3.05, 3.63) is 35.6 Å². The van der Waals surface area contributed by atoms with E-state index in [4.69, 9.17) is 11.6 Å². The Hall–Kier alpha value is -2.08. The highest BCUT2D eigenvalue weighted by Crippen LogP contribution is 2.14. The summed E-state index contributed by atoms with van der Waals surface area (Å²) in [6.45, 7) is 0. The second-order valence-electron chi connectivity index (χ2n) is 3.59. The van der Waals surface area contributed by atoms with Crippen molar-refractivity contribution < 1.29 is 0 Å². The molecule has 17 heavy (non-hydrogen) atoms. The quantitative estimate of drug-likeness (QED) is 0.752. The van der Waals surface area contributed by atoms with Crippen molar-refractivity contribution in [2.75, 3.05) is 5.32 Å². The van der Waals surface area contributed by atoms with Crippen LogP contribution in [0.2, 0.25) is 5.02 Å². The number of anilines is 2. The lowest BCUT2D eigenvalue weighted by atomic mass is 10.5. The first-order valence-electron chi connectivity index (χ1n) is 4.99. The van der Waals surface area contributed by atoms with Gasteiger partial charge in [0.15, 0.2) is 11.5 Å². The predicted octanol–water partition coefficient (Wildman–Crippen LogP) is 1.86. The Morgan fingerprint density at radius 1 is 1.24 bits per heavy atom. The summed E-state index contributed by atoms with van der Waals surface area (Å²) in [4.78, 5) is 4.29. The highest BCUT2D eigenvalue weighted by atomic mass is 35.5. The van der Waals surface area contributed by atoms with Crippen LogP contribution in [-0.2, 0) is 7.05 Å². The Labute approximate surface area is 102 Å². The minimum atomic E-state index is 0.492. The van der Waals surface area contributed by atoms with Gasteiger partial charge < -0.3 is 5.32 Å². The lowest BCUT2D eigenvalue weighted by Gasteiger charge is -1.93. The molecule has 0 amide bonds. The molecule has 3 rings (SSSR count). The molecule has 1 N–H and O–H groups in total. The number of rotatable bonds is 2. The van der Waals surface area contributed by atoms with Crippen LogP contribution in [0.3, 0.4) is 0 Å². The first-order valence-corrected chi connectivity index (χ1v) is 5.37. The molecule has 0 aliphatic rings. The van der Waals surface area contributed by atoms with Gasteiger partial charge in [-0.3, -0.25) is 4.68 Å². The van der Waals surface area contributed by atoms with E-state index in [0.717, 1.165) is 5.65 Å². The molecule has 0 unspecified atom stereocenters. The molecule has 6 nitrogen and oxygen atoms in total. The normalized spacial score (nSPS) is 10.9. The third-order valence-electron chi connectivity index (χ3n) is 2.25. The smallest absolute Gasteiger partial charge is 0.248 e. The Morgan fingerprint density at radius 3 is 2.88 bits per heavy atom. The van der Waals surface area contributed by atoms with Crippen molar-refractivity contribution in [2.24, 2.45) is 7.05 Å². The summed E-state index contributed by atoms with van der Waals surface area (Å²) in [5.41, 5.74) is 0.729. The van der Waals surface area contributed by atoms with E-state index >= 15 is 0 Å². The Bertz CT molecular complexity index is 670. The predicted molar refractivity (Wildman–Crippen MR) is 64.5 cm³/mol. The summed E-state index contributed by atoms with van der Waals surface area (Å²) < 4.78 is 3.32. The fourth-order valence-corrected chi connectivity index (χ4v) is 1.66. The average molecular weight is 249 g/mol. The van der Waals surface area contributed by atoms with E-state index in [1.807, 2.05) is 19.3 Å². The van der Waals surface area contributed by atoms with Gasteiger partial charge in [-0.2, -0.15) is 10.1 Å². The van der Waals surface area contributed by atoms with E-state index in [0.29, 0.717) is 16.8 Å². The van der Waals surface area contributed by atoms with Crippen molar-refractivity contribution >= 4 is 29.0 Å². The number of nitrogens with one attached hydrogen (secondary N) is 1. The van der Waals surface area contributed by atoms with Gasteiger partial charge in [-0.15, -0.1) is 5.10 Å². The fourth-order valence-electron chi connectivity index (χ4n) is 1.51. The number of pyridine rings is 1. The lowest BCUT2D eigenvalue weighted by Crippen LogP contribution is -1.95. The second kappa shape index (κ2) is 3.74. The number of halogens is 1. The zero-order valence-corrected chi connectivity index (χ0v) is 9.76. The third-order valence-corrected chi connectivity index (χ3v) is 2.47. The van der Waals surface area contributed by atoms with E-state index in [9.17, 15) is 0 Å². The van der Waals surface area contributed by atoms with Crippen LogP contribution in [0.1, 0.15) is 0 Å². The minimum absolute atomic E-state index is 0.492. The summed E-state index contributed by atoms with van der Waals surface area (Å²) in [6.07, 6.45) is 3.54. The molecular weight excluding hydrogens is 240 g/mol. The van der Waals surface area contributed by atoms with E-state index in [1.54, 1.807) is 27.5 Å². The molecular formula is C10H9ClN6. The molecule has 0 atom stereocenters.